The van der Waals surface area contributed by atoms with Gasteiger partial charge in [0.05, 0.1) is 12.3 Å². The number of nitrogens with zero attached hydrogens (tertiary/aromatic N) is 3. The molecule has 2 aliphatic rings. The van der Waals surface area contributed by atoms with Gasteiger partial charge in [-0.05, 0) is 73.7 Å². The van der Waals surface area contributed by atoms with Crippen molar-refractivity contribution in [3.63, 3.8) is 0 Å². The Morgan fingerprint density at radius 3 is 2.56 bits per heavy atom. The number of likely N-dealkylation sites (tertiary alicyclic amines) is 1. The molecule has 6 heteroatoms. The number of ether oxygens (including phenoxy) is 3. The summed E-state index contributed by atoms with van der Waals surface area (Å²) in [6.07, 6.45) is 5.32. The second-order valence-electron chi connectivity index (χ2n) is 9.84. The van der Waals surface area contributed by atoms with E-state index in [4.69, 9.17) is 14.2 Å². The molecule has 0 bridgehead atoms. The largest absolute Gasteiger partial charge is 0.454 e. The molecule has 0 amide bonds. The predicted molar refractivity (Wildman–Crippen MR) is 141 cm³/mol. The summed E-state index contributed by atoms with van der Waals surface area (Å²) >= 11 is 0. The molecule has 0 N–H and O–H groups in total. The highest BCUT2D eigenvalue weighted by atomic mass is 16.7. The van der Waals surface area contributed by atoms with Crippen LogP contribution in [0.1, 0.15) is 29.7 Å². The quantitative estimate of drug-likeness (QED) is 0.388. The van der Waals surface area contributed by atoms with Crippen LogP contribution in [0.2, 0.25) is 0 Å². The van der Waals surface area contributed by atoms with E-state index >= 15 is 0 Å². The van der Waals surface area contributed by atoms with Crippen LogP contribution in [0.3, 0.4) is 0 Å². The second kappa shape index (κ2) is 12.3. The molecule has 1 saturated heterocycles. The summed E-state index contributed by atoms with van der Waals surface area (Å²) in [5, 5.41) is 0. The molecular formula is C30H37N3O3. The number of methoxy groups -OCH3 is 1. The zero-order chi connectivity index (χ0) is 24.6. The average molecular weight is 488 g/mol. The van der Waals surface area contributed by atoms with E-state index in [1.165, 1.54) is 24.0 Å². The minimum absolute atomic E-state index is 0.324. The van der Waals surface area contributed by atoms with Crippen LogP contribution in [0.4, 0.5) is 0 Å². The third-order valence-electron chi connectivity index (χ3n) is 7.45. The molecule has 3 heterocycles. The SMILES string of the molecule is COCCN(Cc1ccccn1)[C@@H](Cc1ccccc1)C1CCN(Cc2ccc3c(c2)OCO3)CC1. The highest BCUT2D eigenvalue weighted by Crippen LogP contribution is 2.34. The maximum absolute atomic E-state index is 5.58. The van der Waals surface area contributed by atoms with Crippen LogP contribution in [0.5, 0.6) is 11.5 Å². The summed E-state index contributed by atoms with van der Waals surface area (Å²) in [5.74, 6) is 2.35. The summed E-state index contributed by atoms with van der Waals surface area (Å²) < 4.78 is 16.6. The highest BCUT2D eigenvalue weighted by molar-refractivity contribution is 5.44. The predicted octanol–water partition coefficient (Wildman–Crippen LogP) is 4.78. The average Bonchev–Trinajstić information content (AvgIpc) is 3.40. The smallest absolute Gasteiger partial charge is 0.231 e. The topological polar surface area (TPSA) is 47.1 Å². The zero-order valence-corrected chi connectivity index (χ0v) is 21.2. The molecule has 0 saturated carbocycles. The summed E-state index contributed by atoms with van der Waals surface area (Å²) in [5.41, 5.74) is 3.80. The van der Waals surface area contributed by atoms with Crippen molar-refractivity contribution in [2.45, 2.75) is 38.4 Å². The van der Waals surface area contributed by atoms with Crippen molar-refractivity contribution in [1.82, 2.24) is 14.8 Å². The van der Waals surface area contributed by atoms with E-state index in [0.717, 1.165) is 62.9 Å². The summed E-state index contributed by atoms with van der Waals surface area (Å²) in [4.78, 5) is 9.82. The molecule has 0 radical (unpaired) electrons. The fraction of sp³-hybridized carbons (Fsp3) is 0.433. The number of fused-ring (bicyclic) bond motifs is 1. The molecule has 190 valence electrons. The number of benzene rings is 2. The molecule has 1 aromatic heterocycles. The molecule has 1 fully saturated rings. The van der Waals surface area contributed by atoms with E-state index in [0.29, 0.717) is 18.8 Å². The van der Waals surface area contributed by atoms with Crippen molar-refractivity contribution < 1.29 is 14.2 Å². The van der Waals surface area contributed by atoms with Gasteiger partial charge < -0.3 is 14.2 Å². The van der Waals surface area contributed by atoms with Gasteiger partial charge in [-0.25, -0.2) is 0 Å². The van der Waals surface area contributed by atoms with E-state index in [1.54, 1.807) is 7.11 Å². The normalized spacial score (nSPS) is 16.9. The van der Waals surface area contributed by atoms with Gasteiger partial charge in [0.1, 0.15) is 0 Å². The Labute approximate surface area is 214 Å². The lowest BCUT2D eigenvalue weighted by Crippen LogP contribution is -2.47. The van der Waals surface area contributed by atoms with Crippen molar-refractivity contribution in [2.75, 3.05) is 40.1 Å². The third kappa shape index (κ3) is 6.44. The van der Waals surface area contributed by atoms with Gasteiger partial charge >= 0.3 is 0 Å². The molecule has 2 aromatic carbocycles. The lowest BCUT2D eigenvalue weighted by atomic mass is 9.84. The van der Waals surface area contributed by atoms with Gasteiger partial charge in [0.2, 0.25) is 6.79 Å². The maximum Gasteiger partial charge on any atom is 0.231 e. The molecule has 1 atom stereocenters. The summed E-state index contributed by atoms with van der Waals surface area (Å²) in [6.45, 7) is 5.96. The van der Waals surface area contributed by atoms with Crippen LogP contribution in [-0.2, 0) is 24.2 Å². The molecule has 3 aromatic rings. The van der Waals surface area contributed by atoms with Crippen molar-refractivity contribution in [1.29, 1.82) is 0 Å². The van der Waals surface area contributed by atoms with Crippen LogP contribution < -0.4 is 9.47 Å². The number of hydrogen-bond acceptors (Lipinski definition) is 6. The Morgan fingerprint density at radius 1 is 0.972 bits per heavy atom. The fourth-order valence-corrected chi connectivity index (χ4v) is 5.51. The number of pyridine rings is 1. The lowest BCUT2D eigenvalue weighted by molar-refractivity contribution is 0.0564. The Morgan fingerprint density at radius 2 is 1.78 bits per heavy atom. The minimum atomic E-state index is 0.324. The van der Waals surface area contributed by atoms with E-state index in [2.05, 4.69) is 69.4 Å². The molecule has 2 aliphatic heterocycles. The molecule has 36 heavy (non-hydrogen) atoms. The lowest BCUT2D eigenvalue weighted by Gasteiger charge is -2.41. The number of piperidine rings is 1. The van der Waals surface area contributed by atoms with Gasteiger partial charge in [-0.3, -0.25) is 14.8 Å². The standard InChI is InChI=1S/C30H37N3O3/c1-34-18-17-33(22-27-9-5-6-14-31-27)28(19-24-7-3-2-4-8-24)26-12-15-32(16-13-26)21-25-10-11-29-30(20-25)36-23-35-29/h2-11,14,20,26,28H,12-13,15-19,21-23H2,1H3/t28-/m0/s1. The Hall–Kier alpha value is -2.93. The minimum Gasteiger partial charge on any atom is -0.454 e. The van der Waals surface area contributed by atoms with E-state index in [1.807, 2.05) is 18.3 Å². The second-order valence-corrected chi connectivity index (χ2v) is 9.84. The van der Waals surface area contributed by atoms with Crippen molar-refractivity contribution in [2.24, 2.45) is 5.92 Å². The van der Waals surface area contributed by atoms with Crippen LogP contribution in [0, 0.1) is 5.92 Å². The van der Waals surface area contributed by atoms with Gasteiger partial charge in [0.15, 0.2) is 11.5 Å². The molecule has 0 aliphatic carbocycles. The van der Waals surface area contributed by atoms with Crippen molar-refractivity contribution in [3.05, 3.63) is 89.7 Å². The maximum atomic E-state index is 5.58. The van der Waals surface area contributed by atoms with E-state index in [9.17, 15) is 0 Å². The Kier molecular flexibility index (Phi) is 8.49. The monoisotopic (exact) mass is 487 g/mol. The van der Waals surface area contributed by atoms with Gasteiger partial charge in [-0.2, -0.15) is 0 Å². The number of rotatable bonds is 11. The third-order valence-corrected chi connectivity index (χ3v) is 7.45. The first-order chi connectivity index (χ1) is 17.8. The first-order valence-electron chi connectivity index (χ1n) is 13.1. The summed E-state index contributed by atoms with van der Waals surface area (Å²) in [7, 11) is 1.79. The molecule has 0 spiro atoms. The van der Waals surface area contributed by atoms with Crippen LogP contribution in [0.25, 0.3) is 0 Å². The van der Waals surface area contributed by atoms with Crippen molar-refractivity contribution in [3.8, 4) is 11.5 Å². The molecule has 5 rings (SSSR count). The fourth-order valence-electron chi connectivity index (χ4n) is 5.51. The molecular weight excluding hydrogens is 450 g/mol. The highest BCUT2D eigenvalue weighted by Gasteiger charge is 2.31. The van der Waals surface area contributed by atoms with Crippen LogP contribution >= 0.6 is 0 Å². The van der Waals surface area contributed by atoms with E-state index < -0.39 is 0 Å². The van der Waals surface area contributed by atoms with Crippen LogP contribution in [0.15, 0.2) is 72.9 Å². The zero-order valence-electron chi connectivity index (χ0n) is 21.2. The summed E-state index contributed by atoms with van der Waals surface area (Å²) in [6, 6.07) is 23.9. The van der Waals surface area contributed by atoms with Crippen molar-refractivity contribution >= 4 is 0 Å². The van der Waals surface area contributed by atoms with Gasteiger partial charge in [0.25, 0.3) is 0 Å². The van der Waals surface area contributed by atoms with Gasteiger partial charge in [-0.15, -0.1) is 0 Å². The van der Waals surface area contributed by atoms with Crippen LogP contribution in [-0.4, -0.2) is 61.0 Å². The number of hydrogen-bond donors (Lipinski definition) is 0. The molecule has 0 unspecified atom stereocenters. The van der Waals surface area contributed by atoms with Gasteiger partial charge in [0, 0.05) is 39.0 Å². The Bertz CT molecular complexity index is 1070. The van der Waals surface area contributed by atoms with Gasteiger partial charge in [-0.1, -0.05) is 42.5 Å². The molecule has 6 nitrogen and oxygen atoms in total. The first-order valence-corrected chi connectivity index (χ1v) is 13.1. The first kappa shape index (κ1) is 24.8. The van der Waals surface area contributed by atoms with E-state index in [-0.39, 0.29) is 0 Å². The Balaban J connectivity index is 1.28. The number of aromatic nitrogens is 1.